The second-order valence-electron chi connectivity index (χ2n) is 5.05. The van der Waals surface area contributed by atoms with Crippen molar-refractivity contribution >= 4 is 5.97 Å². The molecule has 17 heavy (non-hydrogen) atoms. The number of rotatable bonds is 3. The molecule has 0 aromatic heterocycles. The zero-order valence-corrected chi connectivity index (χ0v) is 10.4. The number of carboxylic acids is 1. The number of carboxylic acid groups (broad SMARTS) is 1. The van der Waals surface area contributed by atoms with Crippen LogP contribution >= 0.6 is 0 Å². The van der Waals surface area contributed by atoms with Crippen LogP contribution in [-0.4, -0.2) is 29.1 Å². The van der Waals surface area contributed by atoms with E-state index in [0.717, 1.165) is 19.5 Å². The number of aliphatic carboxylic acids is 1. The Labute approximate surface area is 102 Å². The molecule has 0 saturated carbocycles. The first-order valence-electron chi connectivity index (χ1n) is 6.07. The molecule has 1 fully saturated rings. The molecule has 3 nitrogen and oxygen atoms in total. The number of likely N-dealkylation sites (tertiary alicyclic amines) is 1. The lowest BCUT2D eigenvalue weighted by Crippen LogP contribution is -2.22. The predicted molar refractivity (Wildman–Crippen MR) is 66.9 cm³/mol. The van der Waals surface area contributed by atoms with Gasteiger partial charge in [0.15, 0.2) is 0 Å². The van der Waals surface area contributed by atoms with Gasteiger partial charge >= 0.3 is 5.97 Å². The molecule has 1 aliphatic heterocycles. The zero-order chi connectivity index (χ0) is 12.4. The summed E-state index contributed by atoms with van der Waals surface area (Å²) in [5.74, 6) is -0.839. The van der Waals surface area contributed by atoms with Crippen LogP contribution in [0.3, 0.4) is 0 Å². The lowest BCUT2D eigenvalue weighted by Gasteiger charge is -2.16. The second-order valence-corrected chi connectivity index (χ2v) is 5.05. The third kappa shape index (κ3) is 3.07. The molecule has 0 radical (unpaired) electrons. The van der Waals surface area contributed by atoms with Crippen molar-refractivity contribution in [3.05, 3.63) is 34.9 Å². The third-order valence-corrected chi connectivity index (χ3v) is 3.31. The Morgan fingerprint density at radius 1 is 1.35 bits per heavy atom. The number of aryl methyl sites for hydroxylation is 2. The van der Waals surface area contributed by atoms with Crippen molar-refractivity contribution in [3.63, 3.8) is 0 Å². The molecule has 0 amide bonds. The molecule has 2 rings (SSSR count). The largest absolute Gasteiger partial charge is 0.481 e. The van der Waals surface area contributed by atoms with E-state index < -0.39 is 5.97 Å². The van der Waals surface area contributed by atoms with Gasteiger partial charge in [0.2, 0.25) is 0 Å². The van der Waals surface area contributed by atoms with Crippen molar-refractivity contribution in [2.24, 2.45) is 5.92 Å². The van der Waals surface area contributed by atoms with E-state index in [1.54, 1.807) is 0 Å². The van der Waals surface area contributed by atoms with Crippen molar-refractivity contribution in [2.75, 3.05) is 13.1 Å². The first-order valence-corrected chi connectivity index (χ1v) is 6.07. The minimum atomic E-state index is -0.659. The summed E-state index contributed by atoms with van der Waals surface area (Å²) < 4.78 is 0. The highest BCUT2D eigenvalue weighted by atomic mass is 16.4. The Hall–Kier alpha value is -1.35. The van der Waals surface area contributed by atoms with E-state index in [9.17, 15) is 4.79 Å². The number of hydrogen-bond donors (Lipinski definition) is 1. The van der Waals surface area contributed by atoms with Crippen LogP contribution in [0.25, 0.3) is 0 Å². The van der Waals surface area contributed by atoms with E-state index >= 15 is 0 Å². The van der Waals surface area contributed by atoms with Crippen molar-refractivity contribution in [3.8, 4) is 0 Å². The number of nitrogens with zero attached hydrogens (tertiary/aromatic N) is 1. The van der Waals surface area contributed by atoms with Crippen LogP contribution in [0.15, 0.2) is 18.2 Å². The van der Waals surface area contributed by atoms with Gasteiger partial charge in [-0.3, -0.25) is 9.69 Å². The van der Waals surface area contributed by atoms with Gasteiger partial charge in [-0.05, 0) is 32.4 Å². The highest BCUT2D eigenvalue weighted by Gasteiger charge is 2.27. The molecular formula is C14H19NO2. The quantitative estimate of drug-likeness (QED) is 0.870. The first kappa shape index (κ1) is 12.1. The van der Waals surface area contributed by atoms with E-state index in [4.69, 9.17) is 5.11 Å². The molecule has 92 valence electrons. The zero-order valence-electron chi connectivity index (χ0n) is 10.4. The number of benzene rings is 1. The van der Waals surface area contributed by atoms with Crippen LogP contribution in [0.1, 0.15) is 23.1 Å². The summed E-state index contributed by atoms with van der Waals surface area (Å²) >= 11 is 0. The molecule has 1 saturated heterocycles. The van der Waals surface area contributed by atoms with Crippen LogP contribution in [0.4, 0.5) is 0 Å². The second kappa shape index (κ2) is 4.88. The minimum absolute atomic E-state index is 0.180. The van der Waals surface area contributed by atoms with Crippen LogP contribution in [0.2, 0.25) is 0 Å². The highest BCUT2D eigenvalue weighted by molar-refractivity contribution is 5.70. The molecule has 1 N–H and O–H groups in total. The van der Waals surface area contributed by atoms with Crippen molar-refractivity contribution in [1.29, 1.82) is 0 Å². The average molecular weight is 233 g/mol. The molecule has 0 bridgehead atoms. The Balaban J connectivity index is 2.00. The molecule has 0 spiro atoms. The molecule has 0 aliphatic carbocycles. The van der Waals surface area contributed by atoms with Gasteiger partial charge < -0.3 is 5.11 Å². The Morgan fingerprint density at radius 3 is 2.53 bits per heavy atom. The van der Waals surface area contributed by atoms with Crippen molar-refractivity contribution in [1.82, 2.24) is 4.90 Å². The summed E-state index contributed by atoms with van der Waals surface area (Å²) in [5, 5.41) is 8.96. The van der Waals surface area contributed by atoms with E-state index in [-0.39, 0.29) is 5.92 Å². The smallest absolute Gasteiger partial charge is 0.307 e. The summed E-state index contributed by atoms with van der Waals surface area (Å²) in [6, 6.07) is 6.52. The van der Waals surface area contributed by atoms with Crippen LogP contribution in [0.5, 0.6) is 0 Å². The van der Waals surface area contributed by atoms with Crippen molar-refractivity contribution < 1.29 is 9.90 Å². The fourth-order valence-corrected chi connectivity index (χ4v) is 2.60. The summed E-state index contributed by atoms with van der Waals surface area (Å²) in [4.78, 5) is 13.1. The van der Waals surface area contributed by atoms with Crippen LogP contribution in [-0.2, 0) is 11.3 Å². The average Bonchev–Trinajstić information content (AvgIpc) is 2.64. The maximum Gasteiger partial charge on any atom is 0.307 e. The molecule has 1 aromatic carbocycles. The SMILES string of the molecule is Cc1cc(C)cc(CN2CCC(C(=O)O)C2)c1. The Kier molecular flexibility index (Phi) is 3.48. The summed E-state index contributed by atoms with van der Waals surface area (Å²) in [7, 11) is 0. The van der Waals surface area contributed by atoms with Crippen molar-refractivity contribution in [2.45, 2.75) is 26.8 Å². The fourth-order valence-electron chi connectivity index (χ4n) is 2.60. The Morgan fingerprint density at radius 2 is 2.00 bits per heavy atom. The minimum Gasteiger partial charge on any atom is -0.481 e. The molecule has 1 heterocycles. The van der Waals surface area contributed by atoms with Crippen LogP contribution in [0, 0.1) is 19.8 Å². The highest BCUT2D eigenvalue weighted by Crippen LogP contribution is 2.19. The van der Waals surface area contributed by atoms with Gasteiger partial charge in [0.1, 0.15) is 0 Å². The normalized spacial score (nSPS) is 20.7. The maximum atomic E-state index is 10.9. The molecule has 3 heteroatoms. The summed E-state index contributed by atoms with van der Waals surface area (Å²) in [6.45, 7) is 6.64. The van der Waals surface area contributed by atoms with E-state index in [1.807, 2.05) is 0 Å². The van der Waals surface area contributed by atoms with E-state index in [1.165, 1.54) is 16.7 Å². The first-order chi connectivity index (χ1) is 8.04. The van der Waals surface area contributed by atoms with Gasteiger partial charge in [-0.2, -0.15) is 0 Å². The van der Waals surface area contributed by atoms with Gasteiger partial charge in [0, 0.05) is 13.1 Å². The monoisotopic (exact) mass is 233 g/mol. The van der Waals surface area contributed by atoms with Crippen LogP contribution < -0.4 is 0 Å². The molecule has 1 unspecified atom stereocenters. The standard InChI is InChI=1S/C14H19NO2/c1-10-5-11(2)7-12(6-10)8-15-4-3-13(9-15)14(16)17/h5-7,13H,3-4,8-9H2,1-2H3,(H,16,17). The summed E-state index contributed by atoms with van der Waals surface area (Å²) in [5.41, 5.74) is 3.83. The molecule has 1 aliphatic rings. The summed E-state index contributed by atoms with van der Waals surface area (Å²) in [6.07, 6.45) is 0.778. The van der Waals surface area contributed by atoms with Gasteiger partial charge in [-0.1, -0.05) is 29.3 Å². The third-order valence-electron chi connectivity index (χ3n) is 3.31. The topological polar surface area (TPSA) is 40.5 Å². The lowest BCUT2D eigenvalue weighted by molar-refractivity contribution is -0.141. The van der Waals surface area contributed by atoms with E-state index in [0.29, 0.717) is 6.54 Å². The lowest BCUT2D eigenvalue weighted by atomic mass is 10.1. The molecule has 1 atom stereocenters. The maximum absolute atomic E-state index is 10.9. The van der Waals surface area contributed by atoms with E-state index in [2.05, 4.69) is 36.9 Å². The van der Waals surface area contributed by atoms with Gasteiger partial charge in [-0.15, -0.1) is 0 Å². The molecule has 1 aromatic rings. The van der Waals surface area contributed by atoms with Gasteiger partial charge in [-0.25, -0.2) is 0 Å². The number of hydrogen-bond acceptors (Lipinski definition) is 2. The predicted octanol–water partition coefficient (Wildman–Crippen LogP) is 2.21. The molecular weight excluding hydrogens is 214 g/mol. The van der Waals surface area contributed by atoms with Gasteiger partial charge in [0.25, 0.3) is 0 Å². The van der Waals surface area contributed by atoms with Gasteiger partial charge in [0.05, 0.1) is 5.92 Å². The number of carbonyl (C=O) groups is 1. The Bertz CT molecular complexity index is 408. The fraction of sp³-hybridized carbons (Fsp3) is 0.500.